The lowest BCUT2D eigenvalue weighted by atomic mass is 10.2. The lowest BCUT2D eigenvalue weighted by Gasteiger charge is -2.02. The van der Waals surface area contributed by atoms with Crippen molar-refractivity contribution in [2.75, 3.05) is 5.43 Å². The summed E-state index contributed by atoms with van der Waals surface area (Å²) in [4.78, 5) is 0. The summed E-state index contributed by atoms with van der Waals surface area (Å²) in [5.74, 6) is 0.255. The fraction of sp³-hybridized carbons (Fsp3) is 0. The van der Waals surface area contributed by atoms with Gasteiger partial charge in [0.15, 0.2) is 0 Å². The molecule has 0 spiro atoms. The molecule has 0 saturated heterocycles. The Kier molecular flexibility index (Phi) is 2.54. The molecule has 0 amide bonds. The molecule has 0 aliphatic carbocycles. The van der Waals surface area contributed by atoms with Gasteiger partial charge in [0, 0.05) is 0 Å². The fourth-order valence-electron chi connectivity index (χ4n) is 0.928. The van der Waals surface area contributed by atoms with Crippen LogP contribution in [0.25, 0.3) is 0 Å². The van der Waals surface area contributed by atoms with E-state index >= 15 is 0 Å². The molecule has 2 rings (SSSR count). The average Bonchev–Trinajstić information content (AvgIpc) is 2.74. The zero-order valence-electron chi connectivity index (χ0n) is 7.58. The van der Waals surface area contributed by atoms with Gasteiger partial charge < -0.3 is 5.11 Å². The number of hydrogen-bond donors (Lipinski definition) is 2. The Labute approximate surface area is 84.8 Å². The molecule has 2 N–H and O–H groups in total. The highest BCUT2D eigenvalue weighted by atomic mass is 16.3. The van der Waals surface area contributed by atoms with Gasteiger partial charge in [-0.2, -0.15) is 10.3 Å². The largest absolute Gasteiger partial charge is 0.872 e. The topological polar surface area (TPSA) is 102 Å². The number of hydrazone groups is 1. The first kappa shape index (κ1) is 9.13. The summed E-state index contributed by atoms with van der Waals surface area (Å²) in [6, 6.07) is 6.28. The first-order valence-corrected chi connectivity index (χ1v) is 4.14. The minimum Gasteiger partial charge on any atom is -0.872 e. The lowest BCUT2D eigenvalue weighted by molar-refractivity contribution is -0.268. The van der Waals surface area contributed by atoms with E-state index in [-0.39, 0.29) is 11.7 Å². The summed E-state index contributed by atoms with van der Waals surface area (Å²) in [6.45, 7) is 0. The zero-order valence-corrected chi connectivity index (χ0v) is 7.58. The standard InChI is InChI=1S/C8H8N6O/c15-7-3-1-6(2-4-7)5-9-10-8-11-13-14-12-8/h1-5,15H,(H2,10,11,12,13,14)/p-1/b9-5-. The summed E-state index contributed by atoms with van der Waals surface area (Å²) in [5, 5.41) is 27.5. The van der Waals surface area contributed by atoms with Crippen LogP contribution in [0.4, 0.5) is 5.95 Å². The van der Waals surface area contributed by atoms with Gasteiger partial charge in [-0.15, -0.1) is 10.8 Å². The van der Waals surface area contributed by atoms with Crippen LogP contribution < -0.4 is 10.5 Å². The van der Waals surface area contributed by atoms with E-state index in [2.05, 4.69) is 31.2 Å². The van der Waals surface area contributed by atoms with Gasteiger partial charge in [0.25, 0.3) is 5.95 Å². The highest BCUT2D eigenvalue weighted by molar-refractivity contribution is 5.80. The minimum absolute atomic E-state index is 0.0294. The normalized spacial score (nSPS) is 10.7. The maximum atomic E-state index is 10.8. The zero-order chi connectivity index (χ0) is 10.5. The number of nitrogens with zero attached hydrogens (tertiary/aromatic N) is 4. The van der Waals surface area contributed by atoms with Crippen molar-refractivity contribution in [3.63, 3.8) is 0 Å². The van der Waals surface area contributed by atoms with E-state index in [4.69, 9.17) is 0 Å². The SMILES string of the molecule is [O-]c1ccc(/C=N\Nc2nn[nH]n2)cc1. The summed E-state index contributed by atoms with van der Waals surface area (Å²) in [7, 11) is 0. The van der Waals surface area contributed by atoms with Gasteiger partial charge in [-0.25, -0.2) is 5.43 Å². The average molecular weight is 203 g/mol. The Morgan fingerprint density at radius 1 is 1.33 bits per heavy atom. The second-order valence-corrected chi connectivity index (χ2v) is 2.67. The van der Waals surface area contributed by atoms with Crippen molar-refractivity contribution in [1.82, 2.24) is 20.6 Å². The Bertz CT molecular complexity index is 435. The molecule has 0 aliphatic rings. The number of hydrogen-bond acceptors (Lipinski definition) is 6. The van der Waals surface area contributed by atoms with Crippen molar-refractivity contribution < 1.29 is 5.11 Å². The van der Waals surface area contributed by atoms with E-state index in [0.29, 0.717) is 0 Å². The van der Waals surface area contributed by atoms with Crippen molar-refractivity contribution >= 4 is 12.2 Å². The Morgan fingerprint density at radius 3 is 2.80 bits per heavy atom. The van der Waals surface area contributed by atoms with Crippen molar-refractivity contribution in [1.29, 1.82) is 0 Å². The van der Waals surface area contributed by atoms with Crippen LogP contribution >= 0.6 is 0 Å². The predicted octanol–water partition coefficient (Wildman–Crippen LogP) is -0.281. The van der Waals surface area contributed by atoms with Crippen LogP contribution in [0.3, 0.4) is 0 Å². The molecular weight excluding hydrogens is 196 g/mol. The number of benzene rings is 1. The van der Waals surface area contributed by atoms with Crippen LogP contribution in [0.5, 0.6) is 5.75 Å². The van der Waals surface area contributed by atoms with Gasteiger partial charge in [-0.1, -0.05) is 29.4 Å². The molecule has 7 nitrogen and oxygen atoms in total. The van der Waals surface area contributed by atoms with Gasteiger partial charge in [0.2, 0.25) is 0 Å². The van der Waals surface area contributed by atoms with Crippen LogP contribution in [0.1, 0.15) is 5.56 Å². The van der Waals surface area contributed by atoms with Crippen molar-refractivity contribution in [3.05, 3.63) is 29.8 Å². The number of H-pyrrole nitrogens is 1. The van der Waals surface area contributed by atoms with Crippen molar-refractivity contribution in [2.24, 2.45) is 5.10 Å². The third-order valence-corrected chi connectivity index (χ3v) is 1.60. The van der Waals surface area contributed by atoms with Gasteiger partial charge in [-0.3, -0.25) is 0 Å². The molecule has 76 valence electrons. The molecule has 7 heteroatoms. The molecule has 0 unspecified atom stereocenters. The molecule has 0 atom stereocenters. The van der Waals surface area contributed by atoms with Gasteiger partial charge in [0.05, 0.1) is 6.21 Å². The van der Waals surface area contributed by atoms with Crippen LogP contribution in [-0.2, 0) is 0 Å². The Balaban J connectivity index is 1.97. The molecule has 0 saturated carbocycles. The molecular formula is C8H7N6O-. The van der Waals surface area contributed by atoms with E-state index in [1.165, 1.54) is 12.1 Å². The monoisotopic (exact) mass is 203 g/mol. The second-order valence-electron chi connectivity index (χ2n) is 2.67. The number of nitrogens with one attached hydrogen (secondary N) is 2. The van der Waals surface area contributed by atoms with E-state index in [1.807, 2.05) is 0 Å². The number of tetrazole rings is 1. The Hall–Kier alpha value is -2.44. The Morgan fingerprint density at radius 2 is 2.13 bits per heavy atom. The summed E-state index contributed by atoms with van der Waals surface area (Å²) in [5.41, 5.74) is 3.37. The minimum atomic E-state index is -0.0294. The first-order chi connectivity index (χ1) is 7.34. The number of anilines is 1. The third-order valence-electron chi connectivity index (χ3n) is 1.60. The van der Waals surface area contributed by atoms with E-state index in [9.17, 15) is 5.11 Å². The van der Waals surface area contributed by atoms with Gasteiger partial charge in [-0.05, 0) is 10.8 Å². The lowest BCUT2D eigenvalue weighted by Crippen LogP contribution is -1.93. The molecule has 2 aromatic rings. The van der Waals surface area contributed by atoms with Crippen molar-refractivity contribution in [3.8, 4) is 5.75 Å². The van der Waals surface area contributed by atoms with E-state index < -0.39 is 0 Å². The van der Waals surface area contributed by atoms with Crippen LogP contribution in [0.2, 0.25) is 0 Å². The van der Waals surface area contributed by atoms with Crippen LogP contribution in [0.15, 0.2) is 29.4 Å². The van der Waals surface area contributed by atoms with Gasteiger partial charge >= 0.3 is 0 Å². The van der Waals surface area contributed by atoms with E-state index in [1.54, 1.807) is 18.3 Å². The molecule has 15 heavy (non-hydrogen) atoms. The fourth-order valence-corrected chi connectivity index (χ4v) is 0.928. The van der Waals surface area contributed by atoms with Crippen LogP contribution in [-0.4, -0.2) is 26.8 Å². The molecule has 0 aliphatic heterocycles. The third kappa shape index (κ3) is 2.50. The molecule has 1 aromatic heterocycles. The van der Waals surface area contributed by atoms with E-state index in [0.717, 1.165) is 5.56 Å². The highest BCUT2D eigenvalue weighted by Crippen LogP contribution is 2.04. The molecule has 0 bridgehead atoms. The second kappa shape index (κ2) is 4.18. The van der Waals surface area contributed by atoms with Gasteiger partial charge in [0.1, 0.15) is 0 Å². The van der Waals surface area contributed by atoms with Crippen molar-refractivity contribution in [2.45, 2.75) is 0 Å². The summed E-state index contributed by atoms with van der Waals surface area (Å²) < 4.78 is 0. The maximum absolute atomic E-state index is 10.8. The predicted molar refractivity (Wildman–Crippen MR) is 51.3 cm³/mol. The maximum Gasteiger partial charge on any atom is 0.283 e. The molecule has 0 fully saturated rings. The van der Waals surface area contributed by atoms with Crippen LogP contribution in [0, 0.1) is 0 Å². The number of aromatic nitrogens is 4. The smallest absolute Gasteiger partial charge is 0.283 e. The molecule has 0 radical (unpaired) electrons. The summed E-state index contributed by atoms with van der Waals surface area (Å²) >= 11 is 0. The quantitative estimate of drug-likeness (QED) is 0.527. The number of rotatable bonds is 3. The molecule has 1 heterocycles. The number of aromatic amines is 1. The summed E-state index contributed by atoms with van der Waals surface area (Å²) in [6.07, 6.45) is 1.55. The molecule has 1 aromatic carbocycles. The first-order valence-electron chi connectivity index (χ1n) is 4.14. The highest BCUT2D eigenvalue weighted by Gasteiger charge is 1.91.